The molecule has 2 aromatic rings. The normalized spacial score (nSPS) is 16.1. The first-order valence-corrected chi connectivity index (χ1v) is 8.36. The van der Waals surface area contributed by atoms with Gasteiger partial charge in [0.05, 0.1) is 25.7 Å². The summed E-state index contributed by atoms with van der Waals surface area (Å²) in [6, 6.07) is 13.2. The summed E-state index contributed by atoms with van der Waals surface area (Å²) in [6.07, 6.45) is 0.0797. The number of rotatable bonds is 5. The lowest BCUT2D eigenvalue weighted by Gasteiger charge is -2.17. The highest BCUT2D eigenvalue weighted by atomic mass is 16.5. The zero-order chi connectivity index (χ0) is 19.4. The van der Waals surface area contributed by atoms with Crippen molar-refractivity contribution in [2.24, 2.45) is 5.92 Å². The Morgan fingerprint density at radius 2 is 1.78 bits per heavy atom. The topological polar surface area (TPSA) is 82.1 Å². The van der Waals surface area contributed by atoms with Gasteiger partial charge in [-0.2, -0.15) is 0 Å². The average molecular weight is 369 g/mol. The molecule has 1 heterocycles. The predicted molar refractivity (Wildman–Crippen MR) is 96.9 cm³/mol. The second-order valence-electron chi connectivity index (χ2n) is 6.04. The Balaban J connectivity index is 1.66. The third-order valence-corrected chi connectivity index (χ3v) is 4.32. The van der Waals surface area contributed by atoms with Crippen LogP contribution in [0.2, 0.25) is 0 Å². The van der Waals surface area contributed by atoms with Gasteiger partial charge in [-0.1, -0.05) is 6.07 Å². The Labute approximate surface area is 156 Å². The van der Waals surface area contributed by atoms with E-state index in [4.69, 9.17) is 9.47 Å². The molecule has 140 valence electrons. The van der Waals surface area contributed by atoms with Crippen molar-refractivity contribution in [1.29, 1.82) is 0 Å². The van der Waals surface area contributed by atoms with Gasteiger partial charge >= 0.3 is 11.9 Å². The number of nitrogens with zero attached hydrogens (tertiary/aromatic N) is 1. The molecule has 1 atom stereocenters. The van der Waals surface area contributed by atoms with Crippen molar-refractivity contribution in [3.63, 3.8) is 0 Å². The van der Waals surface area contributed by atoms with Gasteiger partial charge in [0.25, 0.3) is 0 Å². The Morgan fingerprint density at radius 3 is 2.44 bits per heavy atom. The van der Waals surface area contributed by atoms with Crippen LogP contribution >= 0.6 is 0 Å². The number of hydrogen-bond donors (Lipinski definition) is 0. The molecule has 3 rings (SSSR count). The van der Waals surface area contributed by atoms with Gasteiger partial charge in [-0.05, 0) is 36.4 Å². The standard InChI is InChI=1S/C20H19NO6/c1-25-17-5-3-4-15(11-17)21-12-14(10-18(21)22)20(24)27-16-8-6-13(7-9-16)19(23)26-2/h3-9,11,14H,10,12H2,1-2H3. The lowest BCUT2D eigenvalue weighted by molar-refractivity contribution is -0.139. The minimum atomic E-state index is -0.566. The van der Waals surface area contributed by atoms with Gasteiger partial charge in [0.15, 0.2) is 0 Å². The van der Waals surface area contributed by atoms with Crippen molar-refractivity contribution in [1.82, 2.24) is 0 Å². The van der Waals surface area contributed by atoms with Crippen LogP contribution in [-0.2, 0) is 14.3 Å². The molecular formula is C20H19NO6. The van der Waals surface area contributed by atoms with Crippen LogP contribution in [0.4, 0.5) is 5.69 Å². The Kier molecular flexibility index (Phi) is 5.40. The molecule has 0 aliphatic carbocycles. The van der Waals surface area contributed by atoms with Crippen molar-refractivity contribution in [3.05, 3.63) is 54.1 Å². The molecule has 0 aromatic heterocycles. The largest absolute Gasteiger partial charge is 0.497 e. The molecule has 7 nitrogen and oxygen atoms in total. The van der Waals surface area contributed by atoms with Gasteiger partial charge < -0.3 is 19.1 Å². The molecule has 0 bridgehead atoms. The summed E-state index contributed by atoms with van der Waals surface area (Å²) in [6.45, 7) is 0.241. The van der Waals surface area contributed by atoms with Gasteiger partial charge in [0, 0.05) is 24.7 Å². The fourth-order valence-corrected chi connectivity index (χ4v) is 2.87. The first kappa shape index (κ1) is 18.4. The molecular weight excluding hydrogens is 350 g/mol. The summed E-state index contributed by atoms with van der Waals surface area (Å²) in [5.41, 5.74) is 1.04. The van der Waals surface area contributed by atoms with Crippen molar-refractivity contribution >= 4 is 23.5 Å². The maximum absolute atomic E-state index is 12.4. The van der Waals surface area contributed by atoms with Gasteiger partial charge in [-0.25, -0.2) is 4.79 Å². The summed E-state index contributed by atoms with van der Waals surface area (Å²) >= 11 is 0. The monoisotopic (exact) mass is 369 g/mol. The molecule has 0 N–H and O–H groups in total. The number of esters is 2. The Hall–Kier alpha value is -3.35. The van der Waals surface area contributed by atoms with Crippen molar-refractivity contribution < 1.29 is 28.6 Å². The lowest BCUT2D eigenvalue weighted by Crippen LogP contribution is -2.27. The average Bonchev–Trinajstić information content (AvgIpc) is 3.10. The van der Waals surface area contributed by atoms with E-state index in [1.165, 1.54) is 31.4 Å². The lowest BCUT2D eigenvalue weighted by atomic mass is 10.1. The van der Waals surface area contributed by atoms with Crippen LogP contribution in [0.5, 0.6) is 11.5 Å². The van der Waals surface area contributed by atoms with E-state index in [1.54, 1.807) is 36.3 Å². The van der Waals surface area contributed by atoms with Crippen LogP contribution in [0.25, 0.3) is 0 Å². The van der Waals surface area contributed by atoms with Crippen LogP contribution in [0.3, 0.4) is 0 Å². The van der Waals surface area contributed by atoms with Crippen LogP contribution in [-0.4, -0.2) is 38.6 Å². The van der Waals surface area contributed by atoms with E-state index in [2.05, 4.69) is 4.74 Å². The second-order valence-corrected chi connectivity index (χ2v) is 6.04. The van der Waals surface area contributed by atoms with Gasteiger partial charge in [-0.15, -0.1) is 0 Å². The minimum absolute atomic E-state index is 0.0797. The number of carbonyl (C=O) groups excluding carboxylic acids is 3. The van der Waals surface area contributed by atoms with Crippen LogP contribution in [0.15, 0.2) is 48.5 Å². The third-order valence-electron chi connectivity index (χ3n) is 4.32. The van der Waals surface area contributed by atoms with E-state index < -0.39 is 17.9 Å². The van der Waals surface area contributed by atoms with Crippen molar-refractivity contribution in [2.45, 2.75) is 6.42 Å². The molecule has 0 saturated carbocycles. The first-order chi connectivity index (χ1) is 13.0. The molecule has 7 heteroatoms. The van der Waals surface area contributed by atoms with Gasteiger partial charge in [0.2, 0.25) is 5.91 Å². The molecule has 0 radical (unpaired) electrons. The van der Waals surface area contributed by atoms with Gasteiger partial charge in [0.1, 0.15) is 11.5 Å². The molecule has 1 aliphatic heterocycles. The van der Waals surface area contributed by atoms with E-state index in [0.717, 1.165) is 0 Å². The number of benzene rings is 2. The summed E-state index contributed by atoms with van der Waals surface area (Å²) in [5.74, 6) is -0.727. The Morgan fingerprint density at radius 1 is 1.04 bits per heavy atom. The van der Waals surface area contributed by atoms with Crippen molar-refractivity contribution in [2.75, 3.05) is 25.7 Å². The number of carbonyl (C=O) groups is 3. The maximum atomic E-state index is 12.4. The Bertz CT molecular complexity index is 861. The maximum Gasteiger partial charge on any atom is 0.337 e. The highest BCUT2D eigenvalue weighted by molar-refractivity contribution is 5.99. The smallest absolute Gasteiger partial charge is 0.337 e. The minimum Gasteiger partial charge on any atom is -0.497 e. The number of methoxy groups -OCH3 is 2. The number of anilines is 1. The highest BCUT2D eigenvalue weighted by Crippen LogP contribution is 2.29. The number of ether oxygens (including phenoxy) is 3. The summed E-state index contributed by atoms with van der Waals surface area (Å²) < 4.78 is 15.1. The third kappa shape index (κ3) is 4.08. The zero-order valence-electron chi connectivity index (χ0n) is 15.0. The fraction of sp³-hybridized carbons (Fsp3) is 0.250. The summed E-state index contributed by atoms with van der Waals surface area (Å²) in [4.78, 5) is 37.7. The second kappa shape index (κ2) is 7.90. The molecule has 1 unspecified atom stereocenters. The van der Waals surface area contributed by atoms with Gasteiger partial charge in [-0.3, -0.25) is 9.59 Å². The molecule has 1 amide bonds. The van der Waals surface area contributed by atoms with Crippen molar-refractivity contribution in [3.8, 4) is 11.5 Å². The molecule has 2 aromatic carbocycles. The molecule has 0 spiro atoms. The number of hydrogen-bond acceptors (Lipinski definition) is 6. The summed E-state index contributed by atoms with van der Waals surface area (Å²) in [7, 11) is 2.85. The zero-order valence-corrected chi connectivity index (χ0v) is 15.0. The highest BCUT2D eigenvalue weighted by Gasteiger charge is 2.36. The fourth-order valence-electron chi connectivity index (χ4n) is 2.87. The SMILES string of the molecule is COC(=O)c1ccc(OC(=O)C2CC(=O)N(c3cccc(OC)c3)C2)cc1. The van der Waals surface area contributed by atoms with E-state index in [-0.39, 0.29) is 18.9 Å². The van der Waals surface area contributed by atoms with Crippen LogP contribution in [0, 0.1) is 5.92 Å². The first-order valence-electron chi connectivity index (χ1n) is 8.36. The summed E-state index contributed by atoms with van der Waals surface area (Å²) in [5, 5.41) is 0. The van der Waals surface area contributed by atoms with E-state index in [1.807, 2.05) is 0 Å². The predicted octanol–water partition coefficient (Wildman–Crippen LogP) is 2.44. The van der Waals surface area contributed by atoms with E-state index in [9.17, 15) is 14.4 Å². The quantitative estimate of drug-likeness (QED) is 0.595. The van der Waals surface area contributed by atoms with E-state index in [0.29, 0.717) is 22.7 Å². The van der Waals surface area contributed by atoms with Crippen LogP contribution < -0.4 is 14.4 Å². The number of amides is 1. The molecule has 1 aliphatic rings. The van der Waals surface area contributed by atoms with Crippen LogP contribution in [0.1, 0.15) is 16.8 Å². The van der Waals surface area contributed by atoms with E-state index >= 15 is 0 Å². The molecule has 1 saturated heterocycles. The molecule has 27 heavy (non-hydrogen) atoms. The molecule has 1 fully saturated rings.